The lowest BCUT2D eigenvalue weighted by Gasteiger charge is -2.11. The standard InChI is InChI=1S/C12H23ClN4O2S/c1-4-5-6-11-15-10(12(13)16-11)9-14-7-8-20(18,19)17(2)3/h14H,4-9H2,1-3H3,(H,15,16). The summed E-state index contributed by atoms with van der Waals surface area (Å²) in [7, 11) is -0.0998. The molecule has 0 aliphatic heterocycles. The minimum atomic E-state index is -3.16. The summed E-state index contributed by atoms with van der Waals surface area (Å²) in [6.45, 7) is 2.99. The van der Waals surface area contributed by atoms with Gasteiger partial charge in [0.2, 0.25) is 10.0 Å². The largest absolute Gasteiger partial charge is 0.344 e. The van der Waals surface area contributed by atoms with Crippen LogP contribution in [0, 0.1) is 0 Å². The van der Waals surface area contributed by atoms with Crippen molar-refractivity contribution in [2.75, 3.05) is 26.4 Å². The Kier molecular flexibility index (Phi) is 6.94. The third-order valence-corrected chi connectivity index (χ3v) is 5.08. The molecule has 0 aliphatic rings. The molecule has 0 saturated heterocycles. The Morgan fingerprint density at radius 1 is 1.40 bits per heavy atom. The summed E-state index contributed by atoms with van der Waals surface area (Å²) in [5, 5.41) is 3.52. The molecular weight excluding hydrogens is 300 g/mol. The molecular formula is C12H23ClN4O2S. The Hall–Kier alpha value is -0.630. The lowest BCUT2D eigenvalue weighted by Crippen LogP contribution is -2.31. The van der Waals surface area contributed by atoms with E-state index in [1.165, 1.54) is 18.4 Å². The average molecular weight is 323 g/mol. The maximum absolute atomic E-state index is 11.6. The van der Waals surface area contributed by atoms with E-state index in [1.807, 2.05) is 0 Å². The highest BCUT2D eigenvalue weighted by molar-refractivity contribution is 7.89. The molecule has 0 radical (unpaired) electrons. The summed E-state index contributed by atoms with van der Waals surface area (Å²) in [5.74, 6) is 0.948. The second kappa shape index (κ2) is 7.97. The number of aromatic amines is 1. The van der Waals surface area contributed by atoms with E-state index in [9.17, 15) is 8.42 Å². The van der Waals surface area contributed by atoms with Crippen LogP contribution in [0.3, 0.4) is 0 Å². The zero-order valence-corrected chi connectivity index (χ0v) is 13.8. The van der Waals surface area contributed by atoms with E-state index in [0.717, 1.165) is 30.8 Å². The summed E-state index contributed by atoms with van der Waals surface area (Å²) in [4.78, 5) is 7.42. The van der Waals surface area contributed by atoms with Gasteiger partial charge in [-0.3, -0.25) is 0 Å². The van der Waals surface area contributed by atoms with Crippen molar-refractivity contribution in [1.29, 1.82) is 0 Å². The zero-order chi connectivity index (χ0) is 15.2. The number of aromatic nitrogens is 2. The maximum Gasteiger partial charge on any atom is 0.214 e. The molecule has 0 aromatic carbocycles. The van der Waals surface area contributed by atoms with Crippen LogP contribution in [0.4, 0.5) is 0 Å². The molecule has 0 amide bonds. The molecule has 0 fully saturated rings. The zero-order valence-electron chi connectivity index (χ0n) is 12.2. The number of nitrogens with zero attached hydrogens (tertiary/aromatic N) is 2. The quantitative estimate of drug-likeness (QED) is 0.673. The first-order valence-corrected chi connectivity index (χ1v) is 8.69. The molecule has 0 unspecified atom stereocenters. The van der Waals surface area contributed by atoms with Gasteiger partial charge in [0.15, 0.2) is 5.15 Å². The monoisotopic (exact) mass is 322 g/mol. The minimum Gasteiger partial charge on any atom is -0.344 e. The number of H-pyrrole nitrogens is 1. The van der Waals surface area contributed by atoms with Gasteiger partial charge in [0.05, 0.1) is 11.4 Å². The molecule has 0 bridgehead atoms. The van der Waals surface area contributed by atoms with Crippen LogP contribution in [0.2, 0.25) is 5.15 Å². The number of imidazole rings is 1. The Balaban J connectivity index is 2.41. The molecule has 0 atom stereocenters. The molecule has 116 valence electrons. The Morgan fingerprint density at radius 3 is 2.70 bits per heavy atom. The normalized spacial score (nSPS) is 12.2. The van der Waals surface area contributed by atoms with Crippen molar-refractivity contribution in [2.24, 2.45) is 0 Å². The van der Waals surface area contributed by atoms with Crippen LogP contribution in [0.15, 0.2) is 0 Å². The van der Waals surface area contributed by atoms with Crippen molar-refractivity contribution in [3.05, 3.63) is 16.7 Å². The number of nitrogens with one attached hydrogen (secondary N) is 2. The molecule has 1 aromatic heterocycles. The van der Waals surface area contributed by atoms with Gasteiger partial charge in [-0.05, 0) is 6.42 Å². The van der Waals surface area contributed by atoms with Crippen LogP contribution in [0.1, 0.15) is 31.3 Å². The first-order valence-electron chi connectivity index (χ1n) is 6.71. The van der Waals surface area contributed by atoms with E-state index >= 15 is 0 Å². The molecule has 20 heavy (non-hydrogen) atoms. The Morgan fingerprint density at radius 2 is 2.10 bits per heavy atom. The van der Waals surface area contributed by atoms with E-state index in [-0.39, 0.29) is 5.75 Å². The number of halogens is 1. The molecule has 8 heteroatoms. The van der Waals surface area contributed by atoms with Crippen molar-refractivity contribution in [1.82, 2.24) is 19.6 Å². The molecule has 6 nitrogen and oxygen atoms in total. The highest BCUT2D eigenvalue weighted by Crippen LogP contribution is 2.13. The van der Waals surface area contributed by atoms with Gasteiger partial charge < -0.3 is 10.3 Å². The van der Waals surface area contributed by atoms with Gasteiger partial charge in [0.25, 0.3) is 0 Å². The number of hydrogen-bond donors (Lipinski definition) is 2. The SMILES string of the molecule is CCCCc1nc(Cl)c(CNCCS(=O)(=O)N(C)C)[nH]1. The van der Waals surface area contributed by atoms with Gasteiger partial charge in [-0.25, -0.2) is 17.7 Å². The van der Waals surface area contributed by atoms with E-state index in [1.54, 1.807) is 0 Å². The van der Waals surface area contributed by atoms with Gasteiger partial charge >= 0.3 is 0 Å². The highest BCUT2D eigenvalue weighted by atomic mass is 35.5. The number of rotatable bonds is 9. The van der Waals surface area contributed by atoms with Gasteiger partial charge in [0, 0.05) is 33.6 Å². The van der Waals surface area contributed by atoms with Crippen molar-refractivity contribution in [3.63, 3.8) is 0 Å². The third-order valence-electron chi connectivity index (χ3n) is 2.94. The van der Waals surface area contributed by atoms with Crippen LogP contribution in [-0.4, -0.2) is 49.1 Å². The molecule has 0 spiro atoms. The van der Waals surface area contributed by atoms with Crippen LogP contribution in [0.25, 0.3) is 0 Å². The lowest BCUT2D eigenvalue weighted by atomic mass is 10.2. The average Bonchev–Trinajstić information content (AvgIpc) is 2.72. The fourth-order valence-corrected chi connectivity index (χ4v) is 2.60. The van der Waals surface area contributed by atoms with Crippen LogP contribution >= 0.6 is 11.6 Å². The number of sulfonamides is 1. The van der Waals surface area contributed by atoms with Gasteiger partial charge in [-0.2, -0.15) is 0 Å². The lowest BCUT2D eigenvalue weighted by molar-refractivity contribution is 0.517. The first-order chi connectivity index (χ1) is 9.36. The Labute approximate surface area is 126 Å². The van der Waals surface area contributed by atoms with Crippen LogP contribution in [-0.2, 0) is 23.0 Å². The van der Waals surface area contributed by atoms with E-state index in [2.05, 4.69) is 22.2 Å². The number of unbranched alkanes of at least 4 members (excludes halogenated alkanes) is 1. The van der Waals surface area contributed by atoms with Gasteiger partial charge in [-0.15, -0.1) is 0 Å². The number of hydrogen-bond acceptors (Lipinski definition) is 4. The minimum absolute atomic E-state index is 0.0639. The summed E-state index contributed by atoms with van der Waals surface area (Å²) >= 11 is 6.03. The predicted molar refractivity (Wildman–Crippen MR) is 81.4 cm³/mol. The molecule has 0 saturated carbocycles. The van der Waals surface area contributed by atoms with Crippen molar-refractivity contribution < 1.29 is 8.42 Å². The maximum atomic E-state index is 11.6. The predicted octanol–water partition coefficient (Wildman–Crippen LogP) is 1.39. The van der Waals surface area contributed by atoms with Gasteiger partial charge in [-0.1, -0.05) is 24.9 Å². The second-order valence-electron chi connectivity index (χ2n) is 4.83. The first kappa shape index (κ1) is 17.4. The van der Waals surface area contributed by atoms with Crippen LogP contribution in [0.5, 0.6) is 0 Å². The third kappa shape index (κ3) is 5.40. The summed E-state index contributed by atoms with van der Waals surface area (Å²) in [5.41, 5.74) is 0.806. The molecule has 1 aromatic rings. The highest BCUT2D eigenvalue weighted by Gasteiger charge is 2.13. The smallest absolute Gasteiger partial charge is 0.214 e. The van der Waals surface area contributed by atoms with Crippen molar-refractivity contribution >= 4 is 21.6 Å². The summed E-state index contributed by atoms with van der Waals surface area (Å²) < 4.78 is 24.4. The molecule has 1 heterocycles. The van der Waals surface area contributed by atoms with E-state index in [0.29, 0.717) is 18.2 Å². The van der Waals surface area contributed by atoms with E-state index in [4.69, 9.17) is 11.6 Å². The van der Waals surface area contributed by atoms with Gasteiger partial charge in [0.1, 0.15) is 5.82 Å². The van der Waals surface area contributed by atoms with E-state index < -0.39 is 10.0 Å². The summed E-state index contributed by atoms with van der Waals surface area (Å²) in [6, 6.07) is 0. The number of aryl methyl sites for hydroxylation is 1. The molecule has 2 N–H and O–H groups in total. The second-order valence-corrected chi connectivity index (χ2v) is 7.49. The van der Waals surface area contributed by atoms with Crippen molar-refractivity contribution in [2.45, 2.75) is 32.7 Å². The molecule has 1 rings (SSSR count). The topological polar surface area (TPSA) is 78.1 Å². The van der Waals surface area contributed by atoms with Crippen LogP contribution < -0.4 is 5.32 Å². The fraction of sp³-hybridized carbons (Fsp3) is 0.750. The Bertz CT molecular complexity index is 514. The van der Waals surface area contributed by atoms with Crippen molar-refractivity contribution in [3.8, 4) is 0 Å². The summed E-state index contributed by atoms with van der Waals surface area (Å²) in [6.07, 6.45) is 3.05. The fourth-order valence-electron chi connectivity index (χ4n) is 1.62. The molecule has 0 aliphatic carbocycles.